The first-order valence-corrected chi connectivity index (χ1v) is 10.8. The first kappa shape index (κ1) is 22.6. The molecule has 1 atom stereocenters. The fourth-order valence-electron chi connectivity index (χ4n) is 2.54. The molecule has 0 aliphatic carbocycles. The molecule has 2 rings (SSSR count). The molecule has 2 N–H and O–H groups in total. The number of carbonyl (C=O) groups is 2. The van der Waals surface area contributed by atoms with Gasteiger partial charge < -0.3 is 10.1 Å². The van der Waals surface area contributed by atoms with Gasteiger partial charge in [0.15, 0.2) is 6.61 Å². The van der Waals surface area contributed by atoms with Crippen molar-refractivity contribution in [2.24, 2.45) is 0 Å². The number of esters is 1. The van der Waals surface area contributed by atoms with Gasteiger partial charge in [-0.15, -0.1) is 0 Å². The van der Waals surface area contributed by atoms with Crippen LogP contribution in [0.4, 0.5) is 5.69 Å². The van der Waals surface area contributed by atoms with E-state index in [1.807, 2.05) is 32.9 Å². The summed E-state index contributed by atoms with van der Waals surface area (Å²) in [6.07, 6.45) is 0.661. The summed E-state index contributed by atoms with van der Waals surface area (Å²) in [7, 11) is -3.65. The number of amides is 1. The topological polar surface area (TPSA) is 102 Å². The zero-order chi connectivity index (χ0) is 21.6. The molecule has 0 bridgehead atoms. The Morgan fingerprint density at radius 3 is 2.31 bits per heavy atom. The van der Waals surface area contributed by atoms with Gasteiger partial charge in [-0.25, -0.2) is 17.9 Å². The Labute approximate surface area is 171 Å². The van der Waals surface area contributed by atoms with Crippen molar-refractivity contribution in [3.05, 3.63) is 59.2 Å². The number of anilines is 1. The molecule has 0 fully saturated rings. The predicted molar refractivity (Wildman–Crippen MR) is 111 cm³/mol. The summed E-state index contributed by atoms with van der Waals surface area (Å²) >= 11 is 0. The molecule has 1 amide bonds. The van der Waals surface area contributed by atoms with Crippen molar-refractivity contribution < 1.29 is 22.7 Å². The van der Waals surface area contributed by atoms with Crippen molar-refractivity contribution in [1.29, 1.82) is 0 Å². The fraction of sp³-hybridized carbons (Fsp3) is 0.333. The highest BCUT2D eigenvalue weighted by atomic mass is 32.2. The molecule has 0 spiro atoms. The maximum Gasteiger partial charge on any atom is 0.338 e. The number of hydrogen-bond acceptors (Lipinski definition) is 5. The van der Waals surface area contributed by atoms with Crippen molar-refractivity contribution >= 4 is 27.6 Å². The number of benzene rings is 2. The normalized spacial score (nSPS) is 12.3. The maximum atomic E-state index is 12.2. The van der Waals surface area contributed by atoms with E-state index in [0.29, 0.717) is 12.1 Å². The molecule has 8 heteroatoms. The fourth-order valence-corrected chi connectivity index (χ4v) is 3.87. The van der Waals surface area contributed by atoms with Crippen LogP contribution in [0.25, 0.3) is 0 Å². The second-order valence-corrected chi connectivity index (χ2v) is 8.61. The van der Waals surface area contributed by atoms with E-state index in [4.69, 9.17) is 4.74 Å². The first-order valence-electron chi connectivity index (χ1n) is 9.29. The van der Waals surface area contributed by atoms with Gasteiger partial charge in [0.05, 0.1) is 10.5 Å². The molecular weight excluding hydrogens is 392 g/mol. The Morgan fingerprint density at radius 2 is 1.72 bits per heavy atom. The zero-order valence-electron chi connectivity index (χ0n) is 17.0. The van der Waals surface area contributed by atoms with Crippen LogP contribution < -0.4 is 10.0 Å². The van der Waals surface area contributed by atoms with Gasteiger partial charge in [-0.1, -0.05) is 24.6 Å². The van der Waals surface area contributed by atoms with Crippen LogP contribution in [0, 0.1) is 13.8 Å². The molecule has 7 nitrogen and oxygen atoms in total. The van der Waals surface area contributed by atoms with Crippen LogP contribution in [0.15, 0.2) is 47.4 Å². The number of rotatable bonds is 8. The van der Waals surface area contributed by atoms with E-state index >= 15 is 0 Å². The second-order valence-electron chi connectivity index (χ2n) is 6.90. The smallest absolute Gasteiger partial charge is 0.338 e. The monoisotopic (exact) mass is 418 g/mol. The average Bonchev–Trinajstić information content (AvgIpc) is 2.68. The highest BCUT2D eigenvalue weighted by Crippen LogP contribution is 2.16. The number of carbonyl (C=O) groups excluding carboxylic acids is 2. The highest BCUT2D eigenvalue weighted by molar-refractivity contribution is 7.89. The molecule has 29 heavy (non-hydrogen) atoms. The zero-order valence-corrected chi connectivity index (χ0v) is 17.8. The van der Waals surface area contributed by atoms with E-state index in [2.05, 4.69) is 10.0 Å². The number of sulfonamides is 1. The molecule has 0 saturated heterocycles. The summed E-state index contributed by atoms with van der Waals surface area (Å²) in [6, 6.07) is 10.8. The Hall–Kier alpha value is -2.71. The van der Waals surface area contributed by atoms with Crippen molar-refractivity contribution in [3.63, 3.8) is 0 Å². The van der Waals surface area contributed by atoms with Gasteiger partial charge in [0.1, 0.15) is 0 Å². The van der Waals surface area contributed by atoms with Crippen LogP contribution in [0.1, 0.15) is 41.8 Å². The molecule has 2 aromatic rings. The van der Waals surface area contributed by atoms with Gasteiger partial charge >= 0.3 is 5.97 Å². The third-order valence-corrected chi connectivity index (χ3v) is 5.96. The maximum absolute atomic E-state index is 12.2. The van der Waals surface area contributed by atoms with Crippen LogP contribution in [-0.2, 0) is 19.6 Å². The van der Waals surface area contributed by atoms with Gasteiger partial charge in [-0.3, -0.25) is 4.79 Å². The standard InChI is InChI=1S/C21H26N2O5S/c1-5-16(4)23-29(26,27)18-9-7-17(8-10-18)21(25)28-13-20(24)22-19-11-6-14(2)12-15(19)3/h6-12,16,23H,5,13H2,1-4H3,(H,22,24)/t16-/m1/s1. The van der Waals surface area contributed by atoms with Crippen molar-refractivity contribution in [1.82, 2.24) is 4.72 Å². The quantitative estimate of drug-likeness (QED) is 0.641. The van der Waals surface area contributed by atoms with Gasteiger partial charge in [-0.05, 0) is 63.1 Å². The lowest BCUT2D eigenvalue weighted by atomic mass is 10.1. The molecule has 0 aromatic heterocycles. The minimum Gasteiger partial charge on any atom is -0.452 e. The van der Waals surface area contributed by atoms with E-state index < -0.39 is 28.5 Å². The van der Waals surface area contributed by atoms with E-state index in [1.54, 1.807) is 13.0 Å². The molecular formula is C21H26N2O5S. The second kappa shape index (κ2) is 9.67. The van der Waals surface area contributed by atoms with Gasteiger partial charge in [0.2, 0.25) is 10.0 Å². The number of nitrogens with one attached hydrogen (secondary N) is 2. The van der Waals surface area contributed by atoms with Crippen molar-refractivity contribution in [2.45, 2.75) is 45.1 Å². The van der Waals surface area contributed by atoms with Gasteiger partial charge in [0, 0.05) is 11.7 Å². The van der Waals surface area contributed by atoms with Crippen LogP contribution in [0.5, 0.6) is 0 Å². The third-order valence-electron chi connectivity index (χ3n) is 4.36. The number of hydrogen-bond donors (Lipinski definition) is 2. The van der Waals surface area contributed by atoms with Gasteiger partial charge in [0.25, 0.3) is 5.91 Å². The highest BCUT2D eigenvalue weighted by Gasteiger charge is 2.18. The van der Waals surface area contributed by atoms with Crippen LogP contribution >= 0.6 is 0 Å². The lowest BCUT2D eigenvalue weighted by molar-refractivity contribution is -0.119. The lowest BCUT2D eigenvalue weighted by Gasteiger charge is -2.12. The Morgan fingerprint density at radius 1 is 1.07 bits per heavy atom. The van der Waals surface area contributed by atoms with E-state index in [1.165, 1.54) is 24.3 Å². The SMILES string of the molecule is CC[C@@H](C)NS(=O)(=O)c1ccc(C(=O)OCC(=O)Nc2ccc(C)cc2C)cc1. The van der Waals surface area contributed by atoms with Crippen molar-refractivity contribution in [2.75, 3.05) is 11.9 Å². The molecule has 2 aromatic carbocycles. The van der Waals surface area contributed by atoms with E-state index in [-0.39, 0.29) is 16.5 Å². The summed E-state index contributed by atoms with van der Waals surface area (Å²) in [6.45, 7) is 7.04. The van der Waals surface area contributed by atoms with E-state index in [9.17, 15) is 18.0 Å². The molecule has 0 radical (unpaired) electrons. The van der Waals surface area contributed by atoms with Crippen LogP contribution in [0.3, 0.4) is 0 Å². The summed E-state index contributed by atoms with van der Waals surface area (Å²) in [5.41, 5.74) is 2.80. The summed E-state index contributed by atoms with van der Waals surface area (Å²) in [5.74, 6) is -1.16. The predicted octanol–water partition coefficient (Wildman–Crippen LogP) is 3.18. The summed E-state index contributed by atoms with van der Waals surface area (Å²) < 4.78 is 32.0. The van der Waals surface area contributed by atoms with Crippen LogP contribution in [-0.4, -0.2) is 32.9 Å². The molecule has 0 aliphatic heterocycles. The number of ether oxygens (including phenoxy) is 1. The third kappa shape index (κ3) is 6.40. The molecule has 156 valence electrons. The largest absolute Gasteiger partial charge is 0.452 e. The van der Waals surface area contributed by atoms with E-state index in [0.717, 1.165) is 11.1 Å². The average molecular weight is 419 g/mol. The number of aryl methyl sites for hydroxylation is 2. The Bertz CT molecular complexity index is 985. The molecule has 0 heterocycles. The Balaban J connectivity index is 1.94. The Kier molecular flexibility index (Phi) is 7.53. The molecule has 0 aliphatic rings. The molecule has 0 unspecified atom stereocenters. The van der Waals surface area contributed by atoms with Crippen molar-refractivity contribution in [3.8, 4) is 0 Å². The van der Waals surface area contributed by atoms with Gasteiger partial charge in [-0.2, -0.15) is 0 Å². The molecule has 0 saturated carbocycles. The van der Waals surface area contributed by atoms with Crippen LogP contribution in [0.2, 0.25) is 0 Å². The summed E-state index contributed by atoms with van der Waals surface area (Å²) in [4.78, 5) is 24.2. The minimum atomic E-state index is -3.65. The first-order chi connectivity index (χ1) is 13.6. The summed E-state index contributed by atoms with van der Waals surface area (Å²) in [5, 5.41) is 2.69. The minimum absolute atomic E-state index is 0.0574. The lowest BCUT2D eigenvalue weighted by Crippen LogP contribution is -2.32.